The number of hydrogen-bond acceptors (Lipinski definition) is 4. The number of hydrogen-bond donors (Lipinski definition) is 2. The van der Waals surface area contributed by atoms with Crippen molar-refractivity contribution in [1.82, 2.24) is 4.98 Å². The maximum Gasteiger partial charge on any atom is 0.409 e. The summed E-state index contributed by atoms with van der Waals surface area (Å²) in [5.41, 5.74) is 9.41. The van der Waals surface area contributed by atoms with Gasteiger partial charge in [-0.25, -0.2) is 22.4 Å². The molecule has 172 valence electrons. The number of nitrogens with zero attached hydrogens (tertiary/aromatic N) is 1. The van der Waals surface area contributed by atoms with Crippen LogP contribution in [-0.2, 0) is 4.79 Å². The molecule has 10 heteroatoms. The molecule has 0 saturated heterocycles. The molecule has 4 N–H and O–H groups in total. The first-order chi connectivity index (χ1) is 16.2. The molecule has 0 aliphatic heterocycles. The first-order valence-corrected chi connectivity index (χ1v) is 9.77. The number of ether oxygens (including phenoxy) is 1. The van der Waals surface area contributed by atoms with Crippen LogP contribution in [0.4, 0.5) is 22.4 Å². The lowest BCUT2D eigenvalue weighted by atomic mass is 9.91. The molecule has 6 nitrogen and oxygen atoms in total. The first kappa shape index (κ1) is 22.7. The third-order valence-corrected chi connectivity index (χ3v) is 5.12. The summed E-state index contributed by atoms with van der Waals surface area (Å²) in [7, 11) is 0. The number of aromatic nitrogens is 1. The van der Waals surface area contributed by atoms with Gasteiger partial charge in [-0.15, -0.1) is 0 Å². The molecule has 1 heterocycles. The predicted octanol–water partition coefficient (Wildman–Crippen LogP) is 4.53. The van der Waals surface area contributed by atoms with Crippen LogP contribution in [0.25, 0.3) is 22.0 Å². The van der Waals surface area contributed by atoms with Gasteiger partial charge in [-0.2, -0.15) is 0 Å². The predicted molar refractivity (Wildman–Crippen MR) is 115 cm³/mol. The fourth-order valence-electron chi connectivity index (χ4n) is 3.72. The summed E-state index contributed by atoms with van der Waals surface area (Å²) in [4.78, 5) is 28.1. The summed E-state index contributed by atoms with van der Waals surface area (Å²) in [6.07, 6.45) is -1.16. The normalized spacial score (nSPS) is 11.9. The molecule has 0 spiro atoms. The lowest BCUT2D eigenvalue weighted by Gasteiger charge is -2.18. The zero-order chi connectivity index (χ0) is 24.6. The second-order valence-corrected chi connectivity index (χ2v) is 7.26. The Balaban J connectivity index is 2.09. The maximum absolute atomic E-state index is 14.7. The third-order valence-electron chi connectivity index (χ3n) is 5.12. The number of pyridine rings is 1. The molecule has 2 amide bonds. The monoisotopic (exact) mass is 469 g/mol. The third kappa shape index (κ3) is 4.13. The highest BCUT2D eigenvalue weighted by Crippen LogP contribution is 2.38. The Hall–Kier alpha value is -4.47. The molecular weight excluding hydrogens is 454 g/mol. The van der Waals surface area contributed by atoms with Crippen molar-refractivity contribution in [3.05, 3.63) is 95.2 Å². The van der Waals surface area contributed by atoms with Crippen LogP contribution in [0.15, 0.2) is 60.7 Å². The van der Waals surface area contributed by atoms with Crippen molar-refractivity contribution >= 4 is 22.8 Å². The van der Waals surface area contributed by atoms with Crippen molar-refractivity contribution in [3.8, 4) is 17.0 Å². The van der Waals surface area contributed by atoms with Crippen molar-refractivity contribution in [2.75, 3.05) is 0 Å². The number of rotatable bonds is 5. The molecule has 1 atom stereocenters. The minimum absolute atomic E-state index is 0.0883. The quantitative estimate of drug-likeness (QED) is 0.419. The zero-order valence-electron chi connectivity index (χ0n) is 17.2. The van der Waals surface area contributed by atoms with Gasteiger partial charge in [-0.3, -0.25) is 9.78 Å². The summed E-state index contributed by atoms with van der Waals surface area (Å²) in [5.74, 6) is -6.90. The van der Waals surface area contributed by atoms with E-state index in [0.717, 1.165) is 30.3 Å². The van der Waals surface area contributed by atoms with Crippen LogP contribution >= 0.6 is 0 Å². The molecule has 0 radical (unpaired) electrons. The molecule has 34 heavy (non-hydrogen) atoms. The Morgan fingerprint density at radius 1 is 0.824 bits per heavy atom. The minimum Gasteiger partial charge on any atom is -0.410 e. The number of fused-ring (bicyclic) bond motifs is 1. The van der Waals surface area contributed by atoms with Crippen molar-refractivity contribution in [3.63, 3.8) is 0 Å². The highest BCUT2D eigenvalue weighted by molar-refractivity contribution is 6.00. The minimum atomic E-state index is -1.73. The van der Waals surface area contributed by atoms with E-state index >= 15 is 0 Å². The Morgan fingerprint density at radius 2 is 1.50 bits per heavy atom. The Bertz CT molecular complexity index is 1440. The highest BCUT2D eigenvalue weighted by Gasteiger charge is 2.30. The molecule has 4 aromatic rings. The van der Waals surface area contributed by atoms with Gasteiger partial charge in [0.05, 0.1) is 11.4 Å². The van der Waals surface area contributed by atoms with Gasteiger partial charge in [0.15, 0.2) is 0 Å². The Morgan fingerprint density at radius 3 is 2.12 bits per heavy atom. The molecular formula is C24H15F4N3O3. The van der Waals surface area contributed by atoms with E-state index in [1.165, 1.54) is 24.3 Å². The second-order valence-electron chi connectivity index (χ2n) is 7.26. The highest BCUT2D eigenvalue weighted by atomic mass is 19.1. The van der Waals surface area contributed by atoms with E-state index < -0.39 is 46.8 Å². The molecule has 0 aliphatic rings. The van der Waals surface area contributed by atoms with Gasteiger partial charge in [0, 0.05) is 28.0 Å². The van der Waals surface area contributed by atoms with Gasteiger partial charge in [0.1, 0.15) is 34.9 Å². The van der Waals surface area contributed by atoms with Crippen LogP contribution in [0.1, 0.15) is 17.2 Å². The van der Waals surface area contributed by atoms with E-state index in [0.29, 0.717) is 6.07 Å². The average Bonchev–Trinajstić information content (AvgIpc) is 2.75. The fraction of sp³-hybridized carbons (Fsp3) is 0.0417. The summed E-state index contributed by atoms with van der Waals surface area (Å²) < 4.78 is 62.4. The maximum atomic E-state index is 14.7. The number of carbonyl (C=O) groups is 2. The van der Waals surface area contributed by atoms with Gasteiger partial charge in [0.25, 0.3) is 0 Å². The lowest BCUT2D eigenvalue weighted by Crippen LogP contribution is -2.25. The molecule has 0 bridgehead atoms. The summed E-state index contributed by atoms with van der Waals surface area (Å²) in [6.45, 7) is 0. The lowest BCUT2D eigenvalue weighted by molar-refractivity contribution is -0.118. The molecule has 3 aromatic carbocycles. The number of nitrogens with two attached hydrogens (primary N) is 2. The van der Waals surface area contributed by atoms with Gasteiger partial charge in [-0.05, 0) is 36.4 Å². The van der Waals surface area contributed by atoms with Crippen LogP contribution in [0, 0.1) is 23.3 Å². The van der Waals surface area contributed by atoms with Crippen molar-refractivity contribution < 1.29 is 31.9 Å². The summed E-state index contributed by atoms with van der Waals surface area (Å²) in [6, 6.07) is 11.3. The molecule has 1 unspecified atom stereocenters. The average molecular weight is 469 g/mol. The topological polar surface area (TPSA) is 108 Å². The van der Waals surface area contributed by atoms with Crippen molar-refractivity contribution in [2.24, 2.45) is 11.5 Å². The number of benzene rings is 3. The molecule has 0 saturated carbocycles. The first-order valence-electron chi connectivity index (χ1n) is 9.77. The van der Waals surface area contributed by atoms with E-state index in [-0.39, 0.29) is 33.5 Å². The number of halogens is 4. The van der Waals surface area contributed by atoms with Crippen LogP contribution in [-0.4, -0.2) is 17.0 Å². The zero-order valence-corrected chi connectivity index (χ0v) is 17.2. The van der Waals surface area contributed by atoms with E-state index in [1.54, 1.807) is 0 Å². The molecule has 1 aromatic heterocycles. The van der Waals surface area contributed by atoms with Gasteiger partial charge in [0.2, 0.25) is 5.91 Å². The largest absolute Gasteiger partial charge is 0.410 e. The SMILES string of the molecule is NC(=O)Oc1cccc2c(-c3ccc(F)cc3F)nc(C(C(N)=O)c3c(F)cccc3F)cc12. The van der Waals surface area contributed by atoms with E-state index in [4.69, 9.17) is 16.2 Å². The van der Waals surface area contributed by atoms with Gasteiger partial charge < -0.3 is 16.2 Å². The van der Waals surface area contributed by atoms with Crippen LogP contribution in [0.2, 0.25) is 0 Å². The van der Waals surface area contributed by atoms with Crippen LogP contribution < -0.4 is 16.2 Å². The standard InChI is InChI=1S/C24H15F4N3O3/c25-11-7-8-13(17(28)9-11)22-12-3-1-6-19(34-24(30)33)14(12)10-18(31-22)21(23(29)32)20-15(26)4-2-5-16(20)27/h1-10,21H,(H2,29,32)(H2,30,33). The van der Waals surface area contributed by atoms with E-state index in [2.05, 4.69) is 4.98 Å². The van der Waals surface area contributed by atoms with E-state index in [1.807, 2.05) is 0 Å². The van der Waals surface area contributed by atoms with Crippen molar-refractivity contribution in [1.29, 1.82) is 0 Å². The van der Waals surface area contributed by atoms with Crippen LogP contribution in [0.3, 0.4) is 0 Å². The second kappa shape index (κ2) is 8.81. The number of carbonyl (C=O) groups excluding carboxylic acids is 2. The summed E-state index contributed by atoms with van der Waals surface area (Å²) in [5, 5.41) is 0.346. The van der Waals surface area contributed by atoms with Crippen LogP contribution in [0.5, 0.6) is 5.75 Å². The molecule has 0 fully saturated rings. The Kier molecular flexibility index (Phi) is 5.89. The van der Waals surface area contributed by atoms with Gasteiger partial charge in [-0.1, -0.05) is 18.2 Å². The number of amides is 2. The van der Waals surface area contributed by atoms with Crippen molar-refractivity contribution in [2.45, 2.75) is 5.92 Å². The smallest absolute Gasteiger partial charge is 0.409 e. The Labute approximate surface area is 189 Å². The summed E-state index contributed by atoms with van der Waals surface area (Å²) >= 11 is 0. The van der Waals surface area contributed by atoms with Gasteiger partial charge >= 0.3 is 6.09 Å². The van der Waals surface area contributed by atoms with E-state index in [9.17, 15) is 27.2 Å². The fourth-order valence-corrected chi connectivity index (χ4v) is 3.72. The molecule has 4 rings (SSSR count). The molecule has 0 aliphatic carbocycles. The number of primary amides is 2.